The lowest BCUT2D eigenvalue weighted by molar-refractivity contribution is 0.0206. The van der Waals surface area contributed by atoms with Crippen LogP contribution in [0.3, 0.4) is 0 Å². The number of ether oxygens (including phenoxy) is 2. The lowest BCUT2D eigenvalue weighted by Crippen LogP contribution is -2.47. The molecule has 266 valence electrons. The molecule has 3 aromatic carbocycles. The molecule has 14 heteroatoms. The molecule has 1 atom stereocenters. The molecule has 1 amide bonds. The van der Waals surface area contributed by atoms with Crippen molar-refractivity contribution >= 4 is 38.5 Å². The minimum atomic E-state index is -4.08. The van der Waals surface area contributed by atoms with Crippen molar-refractivity contribution in [2.45, 2.75) is 57.9 Å². The SMILES string of the molecule is Cc1ccc2c(NS(=O)(=O)Cc3ccc(F)cc3F)cccc2c1Oc1ncccc1-c1ccnc(NC2CCCN(C(=O)OC(C)(C)C)C2)n1. The van der Waals surface area contributed by atoms with Gasteiger partial charge in [-0.3, -0.25) is 4.72 Å². The molecule has 0 spiro atoms. The molecule has 2 N–H and O–H groups in total. The van der Waals surface area contributed by atoms with Crippen LogP contribution in [0.4, 0.5) is 25.2 Å². The molecule has 1 aliphatic rings. The number of nitrogens with one attached hydrogen (secondary N) is 2. The first-order chi connectivity index (χ1) is 24.2. The number of benzene rings is 3. The Hall–Kier alpha value is -5.37. The molecule has 0 saturated carbocycles. The van der Waals surface area contributed by atoms with Gasteiger partial charge < -0.3 is 19.7 Å². The number of aryl methyl sites for hydroxylation is 1. The van der Waals surface area contributed by atoms with Gasteiger partial charge in [0.1, 0.15) is 23.0 Å². The standard InChI is InChI=1S/C37H38F2N6O5S/c1-23-12-15-27-28(9-5-11-32(27)44-51(47,48)22-24-13-14-25(38)20-30(24)39)33(23)49-34-29(10-6-17-40-34)31-16-18-41-35(43-31)42-26-8-7-19-45(21-26)36(46)50-37(2,3)4/h5-6,9-18,20,26,44H,7-8,19,21-22H2,1-4H3,(H,41,42,43). The van der Waals surface area contributed by atoms with Gasteiger partial charge in [0.15, 0.2) is 0 Å². The van der Waals surface area contributed by atoms with E-state index < -0.39 is 33.0 Å². The van der Waals surface area contributed by atoms with Crippen LogP contribution in [-0.2, 0) is 20.5 Å². The van der Waals surface area contributed by atoms with Crippen LogP contribution in [0.15, 0.2) is 79.1 Å². The first-order valence-corrected chi connectivity index (χ1v) is 18.1. The van der Waals surface area contributed by atoms with Crippen molar-refractivity contribution in [1.82, 2.24) is 19.9 Å². The monoisotopic (exact) mass is 716 g/mol. The maximum atomic E-state index is 14.3. The van der Waals surface area contributed by atoms with E-state index in [1.54, 1.807) is 59.8 Å². The van der Waals surface area contributed by atoms with E-state index in [1.807, 2.05) is 33.8 Å². The number of fused-ring (bicyclic) bond motifs is 1. The first-order valence-electron chi connectivity index (χ1n) is 16.4. The molecule has 2 aromatic heterocycles. The molecule has 3 heterocycles. The highest BCUT2D eigenvalue weighted by Gasteiger charge is 2.28. The summed E-state index contributed by atoms with van der Waals surface area (Å²) in [4.78, 5) is 28.1. The van der Waals surface area contributed by atoms with Crippen LogP contribution >= 0.6 is 0 Å². The van der Waals surface area contributed by atoms with Gasteiger partial charge in [-0.15, -0.1) is 0 Å². The van der Waals surface area contributed by atoms with Crippen molar-refractivity contribution in [3.05, 3.63) is 102 Å². The quantitative estimate of drug-likeness (QED) is 0.157. The van der Waals surface area contributed by atoms with Gasteiger partial charge in [0.05, 0.1) is 22.7 Å². The lowest BCUT2D eigenvalue weighted by atomic mass is 10.0. The fourth-order valence-corrected chi connectivity index (χ4v) is 7.05. The fourth-order valence-electron chi connectivity index (χ4n) is 5.82. The smallest absolute Gasteiger partial charge is 0.410 e. The maximum absolute atomic E-state index is 14.3. The van der Waals surface area contributed by atoms with Gasteiger partial charge in [-0.2, -0.15) is 0 Å². The summed E-state index contributed by atoms with van der Waals surface area (Å²) in [6.07, 6.45) is 4.51. The van der Waals surface area contributed by atoms with E-state index in [4.69, 9.17) is 14.5 Å². The molecule has 5 aromatic rings. The molecule has 1 fully saturated rings. The number of carbonyl (C=O) groups excluding carboxylic acids is 1. The zero-order valence-electron chi connectivity index (χ0n) is 28.6. The van der Waals surface area contributed by atoms with Crippen molar-refractivity contribution < 1.29 is 31.5 Å². The Balaban J connectivity index is 1.24. The summed E-state index contributed by atoms with van der Waals surface area (Å²) in [5, 5.41) is 4.51. The van der Waals surface area contributed by atoms with Crippen LogP contribution in [0.25, 0.3) is 22.0 Å². The largest absolute Gasteiger partial charge is 0.444 e. The maximum Gasteiger partial charge on any atom is 0.410 e. The van der Waals surface area contributed by atoms with Crippen LogP contribution in [-0.4, -0.2) is 59.1 Å². The minimum absolute atomic E-state index is 0.0780. The predicted molar refractivity (Wildman–Crippen MR) is 191 cm³/mol. The van der Waals surface area contributed by atoms with E-state index in [2.05, 4.69) is 20.0 Å². The molecule has 51 heavy (non-hydrogen) atoms. The Kier molecular flexibility index (Phi) is 10.1. The van der Waals surface area contributed by atoms with Crippen LogP contribution in [0.1, 0.15) is 44.7 Å². The highest BCUT2D eigenvalue weighted by atomic mass is 32.2. The second-order valence-electron chi connectivity index (χ2n) is 13.3. The Bertz CT molecular complexity index is 2190. The summed E-state index contributed by atoms with van der Waals surface area (Å²) in [5.41, 5.74) is 1.43. The molecular formula is C37H38F2N6O5S. The van der Waals surface area contributed by atoms with Crippen LogP contribution in [0.5, 0.6) is 11.6 Å². The number of halogens is 2. The summed E-state index contributed by atoms with van der Waals surface area (Å²) < 4.78 is 68.4. The van der Waals surface area contributed by atoms with E-state index in [9.17, 15) is 22.0 Å². The van der Waals surface area contributed by atoms with Crippen molar-refractivity contribution in [3.63, 3.8) is 0 Å². The summed E-state index contributed by atoms with van der Waals surface area (Å²) in [6, 6.07) is 16.7. The normalized spacial score (nSPS) is 15.0. The minimum Gasteiger partial charge on any atom is -0.444 e. The topological polar surface area (TPSA) is 136 Å². The number of carbonyl (C=O) groups is 1. The van der Waals surface area contributed by atoms with Crippen LogP contribution < -0.4 is 14.8 Å². The fraction of sp³-hybridized carbons (Fsp3) is 0.297. The van der Waals surface area contributed by atoms with Gasteiger partial charge >= 0.3 is 6.09 Å². The van der Waals surface area contributed by atoms with E-state index in [1.165, 1.54) is 0 Å². The van der Waals surface area contributed by atoms with Crippen molar-refractivity contribution in [2.75, 3.05) is 23.1 Å². The summed E-state index contributed by atoms with van der Waals surface area (Å²) in [5.74, 6) is -1.31. The number of hydrogen-bond acceptors (Lipinski definition) is 9. The van der Waals surface area contributed by atoms with Gasteiger partial charge in [-0.1, -0.05) is 30.3 Å². The zero-order chi connectivity index (χ0) is 36.3. The molecule has 1 unspecified atom stereocenters. The van der Waals surface area contributed by atoms with Crippen molar-refractivity contribution in [2.24, 2.45) is 0 Å². The number of aromatic nitrogens is 3. The third-order valence-electron chi connectivity index (χ3n) is 8.14. The summed E-state index contributed by atoms with van der Waals surface area (Å²) >= 11 is 0. The number of nitrogens with zero attached hydrogens (tertiary/aromatic N) is 4. The van der Waals surface area contributed by atoms with Gasteiger partial charge in [-0.25, -0.2) is 36.9 Å². The van der Waals surface area contributed by atoms with Crippen LogP contribution in [0.2, 0.25) is 0 Å². The van der Waals surface area contributed by atoms with Crippen molar-refractivity contribution in [1.29, 1.82) is 0 Å². The zero-order valence-corrected chi connectivity index (χ0v) is 29.4. The highest BCUT2D eigenvalue weighted by molar-refractivity contribution is 7.91. The highest BCUT2D eigenvalue weighted by Crippen LogP contribution is 2.39. The Morgan fingerprint density at radius 3 is 2.61 bits per heavy atom. The Morgan fingerprint density at radius 2 is 1.82 bits per heavy atom. The molecule has 1 saturated heterocycles. The van der Waals surface area contributed by atoms with Crippen molar-refractivity contribution in [3.8, 4) is 22.9 Å². The average molecular weight is 717 g/mol. The summed E-state index contributed by atoms with van der Waals surface area (Å²) in [6.45, 7) is 8.45. The lowest BCUT2D eigenvalue weighted by Gasteiger charge is -2.34. The number of likely N-dealkylation sites (tertiary alicyclic amines) is 1. The van der Waals surface area contributed by atoms with E-state index in [0.717, 1.165) is 30.5 Å². The predicted octanol–water partition coefficient (Wildman–Crippen LogP) is 7.82. The van der Waals surface area contributed by atoms with Gasteiger partial charge in [0.2, 0.25) is 21.9 Å². The Morgan fingerprint density at radius 1 is 1.00 bits per heavy atom. The molecular weight excluding hydrogens is 679 g/mol. The first kappa shape index (κ1) is 35.5. The number of rotatable bonds is 9. The third kappa shape index (κ3) is 8.69. The van der Waals surface area contributed by atoms with E-state index >= 15 is 0 Å². The van der Waals surface area contributed by atoms with E-state index in [-0.39, 0.29) is 29.3 Å². The molecule has 11 nitrogen and oxygen atoms in total. The molecule has 0 aliphatic carbocycles. The second-order valence-corrected chi connectivity index (χ2v) is 15.1. The number of sulfonamides is 1. The van der Waals surface area contributed by atoms with Crippen LogP contribution in [0, 0.1) is 18.6 Å². The Labute approximate surface area is 295 Å². The second kappa shape index (κ2) is 14.5. The molecule has 0 bridgehead atoms. The summed E-state index contributed by atoms with van der Waals surface area (Å²) in [7, 11) is -4.08. The number of pyridine rings is 1. The number of amides is 1. The molecule has 6 rings (SSSR count). The third-order valence-corrected chi connectivity index (χ3v) is 9.36. The van der Waals surface area contributed by atoms with E-state index in [0.29, 0.717) is 52.9 Å². The van der Waals surface area contributed by atoms with Gasteiger partial charge in [0, 0.05) is 53.9 Å². The number of anilines is 2. The number of hydrogen-bond donors (Lipinski definition) is 2. The van der Waals surface area contributed by atoms with Gasteiger partial charge in [-0.05, 0) is 76.4 Å². The molecule has 0 radical (unpaired) electrons. The average Bonchev–Trinajstić information content (AvgIpc) is 3.07. The molecule has 1 aliphatic heterocycles. The van der Waals surface area contributed by atoms with Gasteiger partial charge in [0.25, 0.3) is 0 Å². The number of piperidine rings is 1.